The molecule has 25 heavy (non-hydrogen) atoms. The van der Waals surface area contributed by atoms with Crippen LogP contribution in [0.4, 0.5) is 13.2 Å². The van der Waals surface area contributed by atoms with Crippen LogP contribution in [-0.2, 0) is 6.18 Å². The van der Waals surface area contributed by atoms with Gasteiger partial charge in [0, 0.05) is 24.3 Å². The zero-order chi connectivity index (χ0) is 17.8. The summed E-state index contributed by atoms with van der Waals surface area (Å²) in [4.78, 5) is 18.6. The molecule has 8 heteroatoms. The number of carbonyl (C=O) groups is 1. The standard InChI is InChI=1S/C17H19F3N4O/c1-23-11-5-6-12(23)9-10(8-11)21-15(25)14-13-4-2-3-7-24(13)16(22-14)17(18,19)20/h2-4,7,10-12H,5-6,8-9H2,1H3,(H,21,25). The number of aromatic nitrogens is 2. The summed E-state index contributed by atoms with van der Waals surface area (Å²) in [5.74, 6) is -1.61. The summed E-state index contributed by atoms with van der Waals surface area (Å²) in [6, 6.07) is 5.43. The molecule has 2 aliphatic rings. The number of alkyl halides is 3. The van der Waals surface area contributed by atoms with Crippen molar-refractivity contribution in [3.8, 4) is 0 Å². The van der Waals surface area contributed by atoms with Crippen molar-refractivity contribution >= 4 is 11.4 Å². The molecule has 1 amide bonds. The van der Waals surface area contributed by atoms with Gasteiger partial charge < -0.3 is 10.2 Å². The second kappa shape index (κ2) is 5.72. The Labute approximate surface area is 142 Å². The number of hydrogen-bond donors (Lipinski definition) is 1. The quantitative estimate of drug-likeness (QED) is 0.904. The van der Waals surface area contributed by atoms with Gasteiger partial charge >= 0.3 is 6.18 Å². The zero-order valence-corrected chi connectivity index (χ0v) is 13.8. The highest BCUT2D eigenvalue weighted by atomic mass is 19.4. The van der Waals surface area contributed by atoms with E-state index in [-0.39, 0.29) is 17.3 Å². The first-order chi connectivity index (χ1) is 11.8. The van der Waals surface area contributed by atoms with Crippen LogP contribution >= 0.6 is 0 Å². The van der Waals surface area contributed by atoms with Crippen LogP contribution in [0.25, 0.3) is 5.52 Å². The molecule has 0 radical (unpaired) electrons. The number of piperidine rings is 1. The maximum atomic E-state index is 13.2. The third-order valence-electron chi connectivity index (χ3n) is 5.45. The van der Waals surface area contributed by atoms with Crippen molar-refractivity contribution in [3.63, 3.8) is 0 Å². The Hall–Kier alpha value is -2.09. The van der Waals surface area contributed by atoms with Crippen LogP contribution in [0.5, 0.6) is 0 Å². The summed E-state index contributed by atoms with van der Waals surface area (Å²) in [6.07, 6.45) is 0.541. The molecule has 0 spiro atoms. The van der Waals surface area contributed by atoms with Gasteiger partial charge in [-0.3, -0.25) is 9.20 Å². The summed E-state index contributed by atoms with van der Waals surface area (Å²) in [6.45, 7) is 0. The molecule has 0 aromatic carbocycles. The molecule has 2 aromatic heterocycles. The number of imidazole rings is 1. The Balaban J connectivity index is 1.61. The molecule has 0 aliphatic carbocycles. The molecular weight excluding hydrogens is 333 g/mol. The van der Waals surface area contributed by atoms with Crippen molar-refractivity contribution in [1.82, 2.24) is 19.6 Å². The van der Waals surface area contributed by atoms with Gasteiger partial charge in [0.25, 0.3) is 5.91 Å². The number of pyridine rings is 1. The number of rotatable bonds is 2. The number of halogens is 3. The summed E-state index contributed by atoms with van der Waals surface area (Å²) in [7, 11) is 2.10. The van der Waals surface area contributed by atoms with Crippen LogP contribution in [0, 0.1) is 0 Å². The van der Waals surface area contributed by atoms with Crippen LogP contribution in [0.1, 0.15) is 42.0 Å². The van der Waals surface area contributed by atoms with Gasteiger partial charge in [-0.05, 0) is 44.9 Å². The van der Waals surface area contributed by atoms with Gasteiger partial charge in [-0.25, -0.2) is 4.98 Å². The van der Waals surface area contributed by atoms with Gasteiger partial charge in [0.05, 0.1) is 5.52 Å². The minimum atomic E-state index is -4.62. The normalized spacial score (nSPS) is 27.0. The van der Waals surface area contributed by atoms with Crippen LogP contribution in [0.3, 0.4) is 0 Å². The van der Waals surface area contributed by atoms with Gasteiger partial charge in [-0.2, -0.15) is 13.2 Å². The molecule has 2 unspecified atom stereocenters. The van der Waals surface area contributed by atoms with Crippen molar-refractivity contribution < 1.29 is 18.0 Å². The van der Waals surface area contributed by atoms with Crippen molar-refractivity contribution in [2.45, 2.75) is 50.0 Å². The second-order valence-corrected chi connectivity index (χ2v) is 6.93. The predicted octanol–water partition coefficient (Wildman–Crippen LogP) is 2.71. The Morgan fingerprint density at radius 2 is 1.92 bits per heavy atom. The second-order valence-electron chi connectivity index (χ2n) is 6.93. The molecule has 2 bridgehead atoms. The lowest BCUT2D eigenvalue weighted by Crippen LogP contribution is -2.48. The number of nitrogens with zero attached hydrogens (tertiary/aromatic N) is 3. The molecule has 2 fully saturated rings. The third-order valence-corrected chi connectivity index (χ3v) is 5.45. The molecule has 2 aromatic rings. The highest BCUT2D eigenvalue weighted by molar-refractivity contribution is 5.99. The maximum Gasteiger partial charge on any atom is 0.450 e. The van der Waals surface area contributed by atoms with E-state index in [0.29, 0.717) is 12.1 Å². The molecular formula is C17H19F3N4O. The van der Waals surface area contributed by atoms with E-state index in [1.54, 1.807) is 6.07 Å². The van der Waals surface area contributed by atoms with Gasteiger partial charge in [0.1, 0.15) is 0 Å². The lowest BCUT2D eigenvalue weighted by molar-refractivity contribution is -0.145. The van der Waals surface area contributed by atoms with Gasteiger partial charge in [0.15, 0.2) is 5.69 Å². The Morgan fingerprint density at radius 1 is 1.24 bits per heavy atom. The molecule has 2 saturated heterocycles. The zero-order valence-electron chi connectivity index (χ0n) is 13.8. The van der Waals surface area contributed by atoms with Crippen molar-refractivity contribution in [3.05, 3.63) is 35.9 Å². The van der Waals surface area contributed by atoms with Crippen LogP contribution in [0.15, 0.2) is 24.4 Å². The first-order valence-electron chi connectivity index (χ1n) is 8.41. The van der Waals surface area contributed by atoms with E-state index in [1.807, 2.05) is 0 Å². The smallest absolute Gasteiger partial charge is 0.348 e. The first kappa shape index (κ1) is 16.4. The molecule has 0 saturated carbocycles. The topological polar surface area (TPSA) is 49.6 Å². The summed E-state index contributed by atoms with van der Waals surface area (Å²) >= 11 is 0. The first-order valence-corrected chi connectivity index (χ1v) is 8.41. The van der Waals surface area contributed by atoms with E-state index in [4.69, 9.17) is 0 Å². The maximum absolute atomic E-state index is 13.2. The largest absolute Gasteiger partial charge is 0.450 e. The minimum Gasteiger partial charge on any atom is -0.348 e. The van der Waals surface area contributed by atoms with Gasteiger partial charge in [0.2, 0.25) is 5.82 Å². The van der Waals surface area contributed by atoms with E-state index < -0.39 is 17.9 Å². The average molecular weight is 352 g/mol. The molecule has 5 nitrogen and oxygen atoms in total. The molecule has 134 valence electrons. The molecule has 2 aliphatic heterocycles. The van der Waals surface area contributed by atoms with Crippen molar-refractivity contribution in [2.75, 3.05) is 7.05 Å². The van der Waals surface area contributed by atoms with Gasteiger partial charge in [-0.15, -0.1) is 0 Å². The van der Waals surface area contributed by atoms with E-state index >= 15 is 0 Å². The number of fused-ring (bicyclic) bond motifs is 3. The van der Waals surface area contributed by atoms with Crippen LogP contribution in [0.2, 0.25) is 0 Å². The molecule has 4 rings (SSSR count). The number of amides is 1. The minimum absolute atomic E-state index is 0.0176. The number of carbonyl (C=O) groups excluding carboxylic acids is 1. The number of nitrogens with one attached hydrogen (secondary N) is 1. The van der Waals surface area contributed by atoms with E-state index in [1.165, 1.54) is 18.3 Å². The summed E-state index contributed by atoms with van der Waals surface area (Å²) < 4.78 is 40.5. The summed E-state index contributed by atoms with van der Waals surface area (Å²) in [5.41, 5.74) is 0.00224. The SMILES string of the molecule is CN1C2CCC1CC(NC(=O)c1nc(C(F)(F)F)n3ccccc13)C2. The highest BCUT2D eigenvalue weighted by Crippen LogP contribution is 2.34. The fourth-order valence-electron chi connectivity index (χ4n) is 4.19. The highest BCUT2D eigenvalue weighted by Gasteiger charge is 2.40. The lowest BCUT2D eigenvalue weighted by atomic mass is 9.98. The fraction of sp³-hybridized carbons (Fsp3) is 0.529. The predicted molar refractivity (Wildman–Crippen MR) is 85.3 cm³/mol. The summed E-state index contributed by atoms with van der Waals surface area (Å²) in [5, 5.41) is 2.90. The van der Waals surface area contributed by atoms with Crippen LogP contribution in [-0.4, -0.2) is 45.4 Å². The van der Waals surface area contributed by atoms with E-state index in [2.05, 4.69) is 22.2 Å². The Morgan fingerprint density at radius 3 is 2.56 bits per heavy atom. The third kappa shape index (κ3) is 2.78. The van der Waals surface area contributed by atoms with Crippen molar-refractivity contribution in [2.24, 2.45) is 0 Å². The molecule has 4 heterocycles. The van der Waals surface area contributed by atoms with Crippen LogP contribution < -0.4 is 5.32 Å². The van der Waals surface area contributed by atoms with Crippen molar-refractivity contribution in [1.29, 1.82) is 0 Å². The average Bonchev–Trinajstić information content (AvgIpc) is 3.02. The van der Waals surface area contributed by atoms with E-state index in [0.717, 1.165) is 30.1 Å². The Kier molecular flexibility index (Phi) is 3.75. The monoisotopic (exact) mass is 352 g/mol. The molecule has 1 N–H and O–H groups in total. The lowest BCUT2D eigenvalue weighted by Gasteiger charge is -2.36. The van der Waals surface area contributed by atoms with Gasteiger partial charge in [-0.1, -0.05) is 6.07 Å². The Bertz CT molecular complexity index is 802. The fourth-order valence-corrected chi connectivity index (χ4v) is 4.19. The molecule has 2 atom stereocenters. The van der Waals surface area contributed by atoms with E-state index in [9.17, 15) is 18.0 Å². The number of hydrogen-bond acceptors (Lipinski definition) is 3.